The van der Waals surface area contributed by atoms with Crippen molar-refractivity contribution in [2.75, 3.05) is 5.32 Å². The van der Waals surface area contributed by atoms with Gasteiger partial charge in [-0.1, -0.05) is 31.4 Å². The third-order valence-electron chi connectivity index (χ3n) is 7.41. The first-order chi connectivity index (χ1) is 14.6. The number of hydrogen-bond donors (Lipinski definition) is 2. The van der Waals surface area contributed by atoms with E-state index in [1.807, 2.05) is 18.2 Å². The number of carbonyl (C=O) groups excluding carboxylic acids is 1. The van der Waals surface area contributed by atoms with Crippen molar-refractivity contribution >= 4 is 22.6 Å². The van der Waals surface area contributed by atoms with Crippen molar-refractivity contribution in [3.63, 3.8) is 0 Å². The fraction of sp³-hybridized carbons (Fsp3) is 0.400. The van der Waals surface area contributed by atoms with Crippen molar-refractivity contribution in [1.82, 2.24) is 9.97 Å². The van der Waals surface area contributed by atoms with Gasteiger partial charge < -0.3 is 10.4 Å². The summed E-state index contributed by atoms with van der Waals surface area (Å²) in [7, 11) is 0. The Morgan fingerprint density at radius 1 is 1.07 bits per heavy atom. The van der Waals surface area contributed by atoms with Crippen LogP contribution in [0.5, 0.6) is 0 Å². The van der Waals surface area contributed by atoms with Gasteiger partial charge in [0.25, 0.3) is 0 Å². The Morgan fingerprint density at radius 2 is 1.87 bits per heavy atom. The monoisotopic (exact) mass is 399 g/mol. The zero-order valence-corrected chi connectivity index (χ0v) is 16.9. The number of hydrogen-bond acceptors (Lipinski definition) is 4. The molecule has 3 aromatic rings. The molecule has 0 bridgehead atoms. The largest absolute Gasteiger partial charge is 0.387 e. The molecule has 1 aromatic carbocycles. The maximum Gasteiger partial charge on any atom is 0.237 e. The van der Waals surface area contributed by atoms with Crippen molar-refractivity contribution in [3.05, 3.63) is 65.0 Å². The number of anilines is 1. The molecule has 2 aliphatic carbocycles. The highest BCUT2D eigenvalue weighted by atomic mass is 16.3. The van der Waals surface area contributed by atoms with Crippen LogP contribution in [0.1, 0.15) is 60.6 Å². The normalized spacial score (nSPS) is 24.1. The van der Waals surface area contributed by atoms with Gasteiger partial charge in [-0.15, -0.1) is 0 Å². The fourth-order valence-electron chi connectivity index (χ4n) is 5.77. The van der Waals surface area contributed by atoms with Crippen LogP contribution >= 0.6 is 0 Å². The van der Waals surface area contributed by atoms with E-state index >= 15 is 0 Å². The zero-order chi connectivity index (χ0) is 20.3. The molecule has 1 spiro atoms. The van der Waals surface area contributed by atoms with Gasteiger partial charge in [-0.2, -0.15) is 0 Å². The number of carbonyl (C=O) groups is 1. The minimum absolute atomic E-state index is 0.0397. The standard InChI is InChI=1S/C25H25N3O2/c29-22(15-5-2-1-3-6-15)20-9-8-16-11-17-13-25(14-18(17)12-21(16)27-20)19-7-4-10-26-23(19)28-24(25)30/h4,7-12,15,22,29H,1-3,5-6,13-14H2,(H,26,28,30). The Morgan fingerprint density at radius 3 is 2.70 bits per heavy atom. The van der Waals surface area contributed by atoms with E-state index in [0.29, 0.717) is 24.6 Å². The van der Waals surface area contributed by atoms with Gasteiger partial charge >= 0.3 is 0 Å². The summed E-state index contributed by atoms with van der Waals surface area (Å²) in [5, 5.41) is 14.9. The predicted molar refractivity (Wildman–Crippen MR) is 115 cm³/mol. The summed E-state index contributed by atoms with van der Waals surface area (Å²) in [4.78, 5) is 22.1. The second-order valence-electron chi connectivity index (χ2n) is 9.18. The number of aromatic nitrogens is 2. The summed E-state index contributed by atoms with van der Waals surface area (Å²) in [6.07, 6.45) is 8.41. The molecule has 0 saturated heterocycles. The first-order valence-electron chi connectivity index (χ1n) is 11.0. The maximum atomic E-state index is 12.9. The van der Waals surface area contributed by atoms with Gasteiger partial charge in [0.15, 0.2) is 0 Å². The number of nitrogens with one attached hydrogen (secondary N) is 1. The van der Waals surface area contributed by atoms with Crippen molar-refractivity contribution in [2.45, 2.75) is 56.5 Å². The van der Waals surface area contributed by atoms with E-state index in [1.54, 1.807) is 6.20 Å². The molecule has 3 heterocycles. The number of aliphatic hydroxyl groups is 1. The van der Waals surface area contributed by atoms with Gasteiger partial charge in [0.05, 0.1) is 22.7 Å². The highest BCUT2D eigenvalue weighted by molar-refractivity contribution is 6.06. The zero-order valence-electron chi connectivity index (χ0n) is 16.9. The quantitative estimate of drug-likeness (QED) is 0.676. The van der Waals surface area contributed by atoms with Crippen LogP contribution in [0.2, 0.25) is 0 Å². The van der Waals surface area contributed by atoms with Crippen molar-refractivity contribution in [3.8, 4) is 0 Å². The molecule has 30 heavy (non-hydrogen) atoms. The molecule has 2 unspecified atom stereocenters. The number of nitrogens with zero attached hydrogens (tertiary/aromatic N) is 2. The summed E-state index contributed by atoms with van der Waals surface area (Å²) in [5.74, 6) is 1.04. The fourth-order valence-corrected chi connectivity index (χ4v) is 5.77. The second kappa shape index (κ2) is 6.61. The molecule has 2 atom stereocenters. The summed E-state index contributed by atoms with van der Waals surface area (Å²) >= 11 is 0. The van der Waals surface area contributed by atoms with E-state index in [-0.39, 0.29) is 5.91 Å². The minimum atomic E-state index is -0.562. The third-order valence-corrected chi connectivity index (χ3v) is 7.41. The molecular formula is C25H25N3O2. The molecule has 1 amide bonds. The van der Waals surface area contributed by atoms with Gasteiger partial charge in [-0.05, 0) is 67.0 Å². The highest BCUT2D eigenvalue weighted by Gasteiger charge is 2.51. The van der Waals surface area contributed by atoms with E-state index < -0.39 is 11.5 Å². The average Bonchev–Trinajstić information content (AvgIpc) is 3.29. The molecule has 5 nitrogen and oxygen atoms in total. The highest BCUT2D eigenvalue weighted by Crippen LogP contribution is 2.47. The molecule has 1 saturated carbocycles. The first kappa shape index (κ1) is 18.0. The van der Waals surface area contributed by atoms with Crippen LogP contribution in [0, 0.1) is 5.92 Å². The van der Waals surface area contributed by atoms with Crippen LogP contribution in [0.3, 0.4) is 0 Å². The number of aliphatic hydroxyl groups excluding tert-OH is 1. The van der Waals surface area contributed by atoms with E-state index in [1.165, 1.54) is 30.4 Å². The van der Waals surface area contributed by atoms with Crippen LogP contribution in [0.15, 0.2) is 42.6 Å². The molecule has 5 heteroatoms. The third kappa shape index (κ3) is 2.61. The number of pyridine rings is 2. The molecule has 1 aliphatic heterocycles. The number of rotatable bonds is 2. The van der Waals surface area contributed by atoms with E-state index in [2.05, 4.69) is 28.5 Å². The number of fused-ring (bicyclic) bond motifs is 4. The van der Waals surface area contributed by atoms with Crippen LogP contribution < -0.4 is 5.32 Å². The molecule has 1 fully saturated rings. The smallest absolute Gasteiger partial charge is 0.237 e. The van der Waals surface area contributed by atoms with Crippen LogP contribution in [0.4, 0.5) is 5.82 Å². The SMILES string of the molecule is O=C1Nc2ncccc2C12Cc1cc3ccc(C(O)C4CCCCC4)nc3cc1C2. The van der Waals surface area contributed by atoms with Gasteiger partial charge in [-0.3, -0.25) is 9.78 Å². The lowest BCUT2D eigenvalue weighted by Crippen LogP contribution is -2.35. The molecule has 2 aromatic heterocycles. The van der Waals surface area contributed by atoms with Crippen LogP contribution in [-0.2, 0) is 23.1 Å². The average molecular weight is 399 g/mol. The van der Waals surface area contributed by atoms with Gasteiger partial charge in [0.1, 0.15) is 5.82 Å². The predicted octanol–water partition coefficient (Wildman–Crippen LogP) is 4.23. The first-order valence-corrected chi connectivity index (χ1v) is 11.0. The Hall–Kier alpha value is -2.79. The Kier molecular flexibility index (Phi) is 3.97. The van der Waals surface area contributed by atoms with Gasteiger partial charge in [0, 0.05) is 17.1 Å². The van der Waals surface area contributed by atoms with Gasteiger partial charge in [0.2, 0.25) is 5.91 Å². The van der Waals surface area contributed by atoms with Crippen molar-refractivity contribution < 1.29 is 9.90 Å². The second-order valence-corrected chi connectivity index (χ2v) is 9.18. The molecule has 2 N–H and O–H groups in total. The molecule has 3 aliphatic rings. The molecule has 152 valence electrons. The number of benzene rings is 1. The maximum absolute atomic E-state index is 12.9. The van der Waals surface area contributed by atoms with E-state index in [4.69, 9.17) is 4.98 Å². The lowest BCUT2D eigenvalue weighted by atomic mass is 9.79. The minimum Gasteiger partial charge on any atom is -0.387 e. The summed E-state index contributed by atoms with van der Waals surface area (Å²) in [6, 6.07) is 12.3. The lowest BCUT2D eigenvalue weighted by Gasteiger charge is -2.26. The Balaban J connectivity index is 1.37. The number of amides is 1. The Bertz CT molecular complexity index is 1170. The van der Waals surface area contributed by atoms with Crippen molar-refractivity contribution in [1.29, 1.82) is 0 Å². The lowest BCUT2D eigenvalue weighted by molar-refractivity contribution is -0.120. The van der Waals surface area contributed by atoms with Crippen LogP contribution in [-0.4, -0.2) is 21.0 Å². The summed E-state index contributed by atoms with van der Waals surface area (Å²) in [6.45, 7) is 0. The Labute approximate surface area is 175 Å². The topological polar surface area (TPSA) is 75.1 Å². The molecule has 0 radical (unpaired) electrons. The van der Waals surface area contributed by atoms with E-state index in [9.17, 15) is 9.90 Å². The molecular weight excluding hydrogens is 374 g/mol. The summed E-state index contributed by atoms with van der Waals surface area (Å²) < 4.78 is 0. The summed E-state index contributed by atoms with van der Waals surface area (Å²) in [5.41, 5.74) is 4.49. The van der Waals surface area contributed by atoms with Crippen molar-refractivity contribution in [2.24, 2.45) is 5.92 Å². The van der Waals surface area contributed by atoms with E-state index in [0.717, 1.165) is 35.0 Å². The van der Waals surface area contributed by atoms with Gasteiger partial charge in [-0.25, -0.2) is 4.98 Å². The molecule has 6 rings (SSSR count). The van der Waals surface area contributed by atoms with Crippen LogP contribution in [0.25, 0.3) is 10.9 Å².